The van der Waals surface area contributed by atoms with E-state index in [9.17, 15) is 4.79 Å². The van der Waals surface area contributed by atoms with E-state index in [1.54, 1.807) is 64.1 Å². The number of anilines is 1. The van der Waals surface area contributed by atoms with E-state index >= 15 is 4.39 Å². The monoisotopic (exact) mass is 850 g/mol. The van der Waals surface area contributed by atoms with E-state index in [1.165, 1.54) is 6.07 Å². The molecule has 1 N–H and O–H groups in total. The number of hydrazone groups is 1. The van der Waals surface area contributed by atoms with Gasteiger partial charge in [0.25, 0.3) is 0 Å². The maximum atomic E-state index is 15.6. The zero-order chi connectivity index (χ0) is 40.5. The Morgan fingerprint density at radius 2 is 1.93 bits per heavy atom. The maximum Gasteiger partial charge on any atom is 0.248 e. The summed E-state index contributed by atoms with van der Waals surface area (Å²) in [6.45, 7) is 15.2. The number of benzene rings is 2. The van der Waals surface area contributed by atoms with Crippen molar-refractivity contribution in [1.82, 2.24) is 14.8 Å². The Labute approximate surface area is 337 Å². The second-order valence-electron chi connectivity index (χ2n) is 11.4. The summed E-state index contributed by atoms with van der Waals surface area (Å²) in [4.78, 5) is 21.4. The summed E-state index contributed by atoms with van der Waals surface area (Å²) in [7, 11) is 3.93. The number of nitrogens with zero attached hydrogens (tertiary/aromatic N) is 6. The number of halogens is 2. The predicted octanol–water partition coefficient (Wildman–Crippen LogP) is 7.87. The smallest absolute Gasteiger partial charge is 0.248 e. The molecule has 2 aromatic carbocycles. The van der Waals surface area contributed by atoms with Gasteiger partial charge in [-0.3, -0.25) is 9.80 Å². The van der Waals surface area contributed by atoms with Gasteiger partial charge >= 0.3 is 0 Å². The molecule has 1 amide bonds. The van der Waals surface area contributed by atoms with E-state index in [0.29, 0.717) is 62.4 Å². The molecule has 13 heteroatoms. The molecule has 0 aromatic heterocycles. The number of amides is 1. The summed E-state index contributed by atoms with van der Waals surface area (Å²) in [5, 5.41) is 9.21. The Morgan fingerprint density at radius 1 is 1.19 bits per heavy atom. The molecule has 2 aliphatic heterocycles. The zero-order valence-corrected chi connectivity index (χ0v) is 35.1. The highest BCUT2D eigenvalue weighted by atomic mass is 127. The third-order valence-corrected chi connectivity index (χ3v) is 7.58. The number of likely N-dealkylation sites (N-methyl/N-ethyl adjacent to an activating group) is 2. The van der Waals surface area contributed by atoms with Crippen molar-refractivity contribution in [3.8, 4) is 24.3 Å². The van der Waals surface area contributed by atoms with Gasteiger partial charge in [-0.05, 0) is 71.1 Å². The molecule has 0 saturated carbocycles. The number of carbonyl (C=O) groups excluding carboxylic acids is 1. The Balaban J connectivity index is 0.00000231. The molecule has 0 aliphatic carbocycles. The summed E-state index contributed by atoms with van der Waals surface area (Å²) in [6.07, 6.45) is 25.1. The van der Waals surface area contributed by atoms with E-state index in [-0.39, 0.29) is 11.6 Å². The summed E-state index contributed by atoms with van der Waals surface area (Å²) in [6, 6.07) is 8.72. The van der Waals surface area contributed by atoms with Crippen LogP contribution in [0.5, 0.6) is 11.5 Å². The van der Waals surface area contributed by atoms with Gasteiger partial charge in [-0.2, -0.15) is 32.1 Å². The number of rotatable bonds is 14. The first kappa shape index (κ1) is 47.3. The van der Waals surface area contributed by atoms with Crippen LogP contribution >= 0.6 is 22.4 Å². The molecule has 0 saturated heterocycles. The van der Waals surface area contributed by atoms with Crippen molar-refractivity contribution in [1.29, 1.82) is 0 Å². The Morgan fingerprint density at radius 3 is 2.54 bits per heavy atom. The normalized spacial score (nSPS) is 13.4. The van der Waals surface area contributed by atoms with Crippen molar-refractivity contribution in [3.63, 3.8) is 0 Å². The molecule has 2 aliphatic rings. The first-order chi connectivity index (χ1) is 26.2. The van der Waals surface area contributed by atoms with Gasteiger partial charge in [-0.1, -0.05) is 39.0 Å². The lowest BCUT2D eigenvalue weighted by Gasteiger charge is -2.22. The average molecular weight is 851 g/mol. The number of hydrogen-bond donors (Lipinski definition) is 1. The van der Waals surface area contributed by atoms with Crippen LogP contribution in [0.25, 0.3) is 0 Å². The van der Waals surface area contributed by atoms with Crippen LogP contribution in [0.3, 0.4) is 0 Å². The molecule has 0 spiro atoms. The molecular formula is C41H55BFIN7O3+. The van der Waals surface area contributed by atoms with Gasteiger partial charge in [0.2, 0.25) is 17.3 Å². The fourth-order valence-electron chi connectivity index (χ4n) is 5.08. The number of hydrogen-bond acceptors (Lipinski definition) is 7. The van der Waals surface area contributed by atoms with Crippen LogP contribution < -0.4 is 14.8 Å². The van der Waals surface area contributed by atoms with Gasteiger partial charge < -0.3 is 24.6 Å². The molecule has 0 unspecified atom stereocenters. The van der Waals surface area contributed by atoms with Gasteiger partial charge in [-0.15, -0.1) is 12.8 Å². The van der Waals surface area contributed by atoms with E-state index in [0.717, 1.165) is 23.2 Å². The largest absolute Gasteiger partial charge is 0.476 e. The number of allylic oxidation sites excluding steroid dienone is 2. The van der Waals surface area contributed by atoms with Crippen molar-refractivity contribution in [2.45, 2.75) is 48.0 Å². The molecule has 54 heavy (non-hydrogen) atoms. The second-order valence-corrected chi connectivity index (χ2v) is 11.4. The molecule has 2 radical (unpaired) electrons. The quantitative estimate of drug-likeness (QED) is 0.0397. The number of aryl methyl sites for hydroxylation is 1. The van der Waals surface area contributed by atoms with Gasteiger partial charge in [-0.25, -0.2) is 9.38 Å². The van der Waals surface area contributed by atoms with Crippen molar-refractivity contribution in [2.24, 2.45) is 10.1 Å². The van der Waals surface area contributed by atoms with Crippen LogP contribution in [0.4, 0.5) is 15.8 Å². The second kappa shape index (κ2) is 27.0. The molecule has 288 valence electrons. The predicted molar refractivity (Wildman–Crippen MR) is 233 cm³/mol. The Bertz CT molecular complexity index is 1720. The molecule has 10 nitrogen and oxygen atoms in total. The average Bonchev–Trinajstić information content (AvgIpc) is 3.19. The van der Waals surface area contributed by atoms with Crippen molar-refractivity contribution >= 4 is 63.6 Å². The Hall–Kier alpha value is -4.68. The number of amidine groups is 1. The SMILES string of the molecule is C#C.C/C=N\N1C=CC(Oc2ccc(NC(=N/C=C/CC)c3c(C)ccc4c3OCC=[N+]4CCN(CC)C(=O)/C=C/CN(C)C)c(F)c2)=CC1.CC.[B]I. The zero-order valence-electron chi connectivity index (χ0n) is 32.9. The van der Waals surface area contributed by atoms with Gasteiger partial charge in [0, 0.05) is 49.9 Å². The number of fused-ring (bicyclic) bond motifs is 1. The summed E-state index contributed by atoms with van der Waals surface area (Å²) >= 11 is 1.65. The van der Waals surface area contributed by atoms with Crippen LogP contribution in [-0.2, 0) is 4.79 Å². The third kappa shape index (κ3) is 15.0. The highest BCUT2D eigenvalue weighted by Gasteiger charge is 2.28. The highest BCUT2D eigenvalue weighted by Crippen LogP contribution is 2.36. The van der Waals surface area contributed by atoms with Crippen molar-refractivity contribution in [3.05, 3.63) is 95.8 Å². The third-order valence-electron chi connectivity index (χ3n) is 7.58. The van der Waals surface area contributed by atoms with Gasteiger partial charge in [0.1, 0.15) is 23.2 Å². The molecule has 0 atom stereocenters. The van der Waals surface area contributed by atoms with E-state index in [1.807, 2.05) is 108 Å². The molecule has 2 aromatic rings. The topological polar surface area (TPSA) is 85.0 Å². The number of terminal acetylenes is 1. The molecular weight excluding hydrogens is 795 g/mol. The maximum absolute atomic E-state index is 15.6. The van der Waals surface area contributed by atoms with Crippen LogP contribution in [0.15, 0.2) is 89.0 Å². The van der Waals surface area contributed by atoms with Gasteiger partial charge in [0.05, 0.1) is 24.3 Å². The number of carbonyl (C=O) groups is 1. The summed E-state index contributed by atoms with van der Waals surface area (Å²) in [5.74, 6) is 1.58. The van der Waals surface area contributed by atoms with Crippen LogP contribution in [-0.4, -0.2) is 103 Å². The number of aliphatic imine (C=N–C) groups is 1. The summed E-state index contributed by atoms with van der Waals surface area (Å²) in [5.41, 5.74) is 7.22. The van der Waals surface area contributed by atoms with Crippen molar-refractivity contribution in [2.75, 3.05) is 58.7 Å². The first-order valence-corrected chi connectivity index (χ1v) is 19.1. The minimum absolute atomic E-state index is 0.0162. The lowest BCUT2D eigenvalue weighted by Crippen LogP contribution is -2.35. The highest BCUT2D eigenvalue weighted by molar-refractivity contribution is 14.1. The number of nitrogens with one attached hydrogen (secondary N) is 1. The minimum atomic E-state index is -0.487. The van der Waals surface area contributed by atoms with Crippen LogP contribution in [0.1, 0.15) is 52.2 Å². The van der Waals surface area contributed by atoms with E-state index in [2.05, 4.69) is 33.5 Å². The fraction of sp³-hybridized carbons (Fsp3) is 0.366. The summed E-state index contributed by atoms with van der Waals surface area (Å²) < 4.78 is 29.8. The molecule has 4 rings (SSSR count). The fourth-order valence-corrected chi connectivity index (χ4v) is 5.08. The molecule has 0 bridgehead atoms. The van der Waals surface area contributed by atoms with Crippen molar-refractivity contribution < 1.29 is 23.2 Å². The lowest BCUT2D eigenvalue weighted by molar-refractivity contribution is -0.441. The van der Waals surface area contributed by atoms with Crippen LogP contribution in [0, 0.1) is 25.6 Å². The standard InChI is InChI=1S/C37H47FN7O3.C2H6.C2H2.BI/c1-7-10-19-39-37(41-32-15-14-30(27-31(32)38)48-29-17-21-45(22-18-29)40-8-2)35-28(4)13-16-33-36(35)47-26-25-44(33)24-23-43(9-3)34(46)12-11-20-42(5)6;3*1-2/h8,10-19,21,25,27H,7,9,20,22-24,26H2,1-6H3,(H,39,41);1-2H3;1-2H;/q+1;;;/b12-11+,19-10+,40-8-;;;. The lowest BCUT2D eigenvalue weighted by atomic mass is 10.0. The Kier molecular flexibility index (Phi) is 23.7. The number of ether oxygens (including phenoxy) is 2. The van der Waals surface area contributed by atoms with E-state index in [4.69, 9.17) is 14.5 Å². The van der Waals surface area contributed by atoms with E-state index < -0.39 is 5.82 Å². The van der Waals surface area contributed by atoms with Gasteiger partial charge in [0.15, 0.2) is 25.1 Å². The molecule has 0 fully saturated rings. The first-order valence-electron chi connectivity index (χ1n) is 17.9. The minimum Gasteiger partial charge on any atom is -0.476 e. The molecule has 2 heterocycles. The van der Waals surface area contributed by atoms with Crippen LogP contribution in [0.2, 0.25) is 0 Å².